The number of nitrogens with zero attached hydrogens (tertiary/aromatic N) is 4. The van der Waals surface area contributed by atoms with E-state index < -0.39 is 0 Å². The van der Waals surface area contributed by atoms with Crippen LogP contribution in [0.25, 0.3) is 16.9 Å². The van der Waals surface area contributed by atoms with Gasteiger partial charge in [-0.1, -0.05) is 6.07 Å². The lowest BCUT2D eigenvalue weighted by atomic mass is 10.1. The molecule has 2 heterocycles. The standard InChI is InChI=1S/C16H13ClN4/c1-10-3-5-12(9-18)7-14(10)21-15(8-17)20-13-6-4-11(2)19-16(13)21/h3-7H,8H2,1-2H3. The Kier molecular flexibility index (Phi) is 3.36. The quantitative estimate of drug-likeness (QED) is 0.678. The molecule has 0 saturated carbocycles. The zero-order valence-corrected chi connectivity index (χ0v) is 12.5. The van der Waals surface area contributed by atoms with Gasteiger partial charge < -0.3 is 0 Å². The molecule has 2 aromatic heterocycles. The van der Waals surface area contributed by atoms with Gasteiger partial charge in [-0.3, -0.25) is 4.57 Å². The summed E-state index contributed by atoms with van der Waals surface area (Å²) in [6.07, 6.45) is 0. The highest BCUT2D eigenvalue weighted by Gasteiger charge is 2.15. The van der Waals surface area contributed by atoms with E-state index in [1.54, 1.807) is 6.07 Å². The number of halogens is 1. The van der Waals surface area contributed by atoms with Crippen molar-refractivity contribution in [3.05, 3.63) is 53.0 Å². The first-order valence-corrected chi connectivity index (χ1v) is 7.09. The monoisotopic (exact) mass is 296 g/mol. The summed E-state index contributed by atoms with van der Waals surface area (Å²) in [5, 5.41) is 9.12. The zero-order chi connectivity index (χ0) is 15.0. The van der Waals surface area contributed by atoms with Crippen molar-refractivity contribution in [3.63, 3.8) is 0 Å². The van der Waals surface area contributed by atoms with E-state index in [0.29, 0.717) is 5.56 Å². The third kappa shape index (κ3) is 2.26. The van der Waals surface area contributed by atoms with Crippen molar-refractivity contribution in [2.24, 2.45) is 0 Å². The van der Waals surface area contributed by atoms with Gasteiger partial charge in [-0.05, 0) is 43.7 Å². The minimum absolute atomic E-state index is 0.283. The van der Waals surface area contributed by atoms with Crippen LogP contribution >= 0.6 is 11.6 Å². The van der Waals surface area contributed by atoms with Gasteiger partial charge in [0.05, 0.1) is 23.2 Å². The molecule has 0 aliphatic rings. The smallest absolute Gasteiger partial charge is 0.164 e. The molecule has 0 spiro atoms. The second kappa shape index (κ2) is 5.19. The second-order valence-electron chi connectivity index (χ2n) is 4.91. The third-order valence-electron chi connectivity index (χ3n) is 3.41. The predicted octanol–water partition coefficient (Wildman–Crippen LogP) is 3.65. The number of hydrogen-bond donors (Lipinski definition) is 0. The van der Waals surface area contributed by atoms with E-state index in [4.69, 9.17) is 16.9 Å². The molecule has 0 aliphatic heterocycles. The summed E-state index contributed by atoms with van der Waals surface area (Å²) in [7, 11) is 0. The van der Waals surface area contributed by atoms with Crippen LogP contribution in [0, 0.1) is 25.2 Å². The number of nitriles is 1. The summed E-state index contributed by atoms with van der Waals surface area (Å²) in [5.41, 5.74) is 5.03. The Morgan fingerprint density at radius 2 is 2.00 bits per heavy atom. The fraction of sp³-hybridized carbons (Fsp3) is 0.188. The summed E-state index contributed by atoms with van der Waals surface area (Å²) < 4.78 is 1.94. The second-order valence-corrected chi connectivity index (χ2v) is 5.17. The third-order valence-corrected chi connectivity index (χ3v) is 3.65. The number of aromatic nitrogens is 3. The summed E-state index contributed by atoms with van der Waals surface area (Å²) >= 11 is 6.04. The van der Waals surface area contributed by atoms with Crippen molar-refractivity contribution >= 4 is 22.8 Å². The summed E-state index contributed by atoms with van der Waals surface area (Å²) in [6, 6.07) is 11.6. The first-order valence-electron chi connectivity index (χ1n) is 6.56. The van der Waals surface area contributed by atoms with Gasteiger partial charge >= 0.3 is 0 Å². The molecule has 104 valence electrons. The largest absolute Gasteiger partial charge is 0.279 e. The first-order chi connectivity index (χ1) is 10.1. The molecule has 4 nitrogen and oxygen atoms in total. The van der Waals surface area contributed by atoms with Crippen LogP contribution < -0.4 is 0 Å². The van der Waals surface area contributed by atoms with Crippen LogP contribution in [0.2, 0.25) is 0 Å². The van der Waals surface area contributed by atoms with Gasteiger partial charge in [-0.2, -0.15) is 5.26 Å². The highest BCUT2D eigenvalue weighted by atomic mass is 35.5. The molecule has 0 unspecified atom stereocenters. The lowest BCUT2D eigenvalue weighted by molar-refractivity contribution is 0.957. The molecule has 0 radical (unpaired) electrons. The zero-order valence-electron chi connectivity index (χ0n) is 11.8. The molecule has 0 bridgehead atoms. The Balaban J connectivity index is 2.38. The fourth-order valence-corrected chi connectivity index (χ4v) is 2.54. The molecule has 21 heavy (non-hydrogen) atoms. The van der Waals surface area contributed by atoms with Gasteiger partial charge in [0.15, 0.2) is 5.65 Å². The molecule has 0 fully saturated rings. The number of pyridine rings is 1. The SMILES string of the molecule is Cc1ccc2nc(CCl)n(-c3cc(C#N)ccc3C)c2n1. The molecule has 0 aliphatic carbocycles. The van der Waals surface area contributed by atoms with Crippen molar-refractivity contribution in [3.8, 4) is 11.8 Å². The van der Waals surface area contributed by atoms with Crippen LogP contribution in [0.5, 0.6) is 0 Å². The van der Waals surface area contributed by atoms with E-state index in [0.717, 1.165) is 33.9 Å². The molecule has 3 rings (SSSR count). The highest BCUT2D eigenvalue weighted by molar-refractivity contribution is 6.16. The van der Waals surface area contributed by atoms with Gasteiger partial charge in [0, 0.05) is 5.69 Å². The Hall–Kier alpha value is -2.38. The molecule has 0 N–H and O–H groups in total. The normalized spacial score (nSPS) is 10.8. The van der Waals surface area contributed by atoms with E-state index in [1.807, 2.05) is 42.7 Å². The molecule has 0 amide bonds. The van der Waals surface area contributed by atoms with Crippen LogP contribution in [0.4, 0.5) is 0 Å². The Bertz CT molecular complexity index is 874. The lowest BCUT2D eigenvalue weighted by Gasteiger charge is -2.11. The van der Waals surface area contributed by atoms with E-state index in [9.17, 15) is 0 Å². The molecule has 0 atom stereocenters. The van der Waals surface area contributed by atoms with Crippen molar-refractivity contribution in [2.75, 3.05) is 0 Å². The van der Waals surface area contributed by atoms with Crippen LogP contribution in [-0.4, -0.2) is 14.5 Å². The van der Waals surface area contributed by atoms with Crippen molar-refractivity contribution in [1.82, 2.24) is 14.5 Å². The number of imidazole rings is 1. The molecule has 0 saturated heterocycles. The number of hydrogen-bond acceptors (Lipinski definition) is 3. The minimum atomic E-state index is 0.283. The average molecular weight is 297 g/mol. The van der Waals surface area contributed by atoms with E-state index in [2.05, 4.69) is 16.0 Å². The molecule has 5 heteroatoms. The summed E-state index contributed by atoms with van der Waals surface area (Å²) in [6.45, 7) is 3.94. The van der Waals surface area contributed by atoms with E-state index >= 15 is 0 Å². The molecule has 3 aromatic rings. The average Bonchev–Trinajstić information content (AvgIpc) is 2.85. The van der Waals surface area contributed by atoms with Crippen LogP contribution in [0.3, 0.4) is 0 Å². The van der Waals surface area contributed by atoms with Crippen LogP contribution in [-0.2, 0) is 5.88 Å². The maximum absolute atomic E-state index is 9.12. The number of alkyl halides is 1. The maximum atomic E-state index is 9.12. The van der Waals surface area contributed by atoms with E-state index in [-0.39, 0.29) is 5.88 Å². The molecular weight excluding hydrogens is 284 g/mol. The van der Waals surface area contributed by atoms with Crippen molar-refractivity contribution in [1.29, 1.82) is 5.26 Å². The maximum Gasteiger partial charge on any atom is 0.164 e. The predicted molar refractivity (Wildman–Crippen MR) is 82.6 cm³/mol. The van der Waals surface area contributed by atoms with Gasteiger partial charge in [0.1, 0.15) is 11.3 Å². The Labute approximate surface area is 127 Å². The van der Waals surface area contributed by atoms with Crippen LogP contribution in [0.15, 0.2) is 30.3 Å². The lowest BCUT2D eigenvalue weighted by Crippen LogP contribution is -2.03. The Morgan fingerprint density at radius 1 is 1.19 bits per heavy atom. The molecular formula is C16H13ClN4. The van der Waals surface area contributed by atoms with Gasteiger partial charge in [-0.25, -0.2) is 9.97 Å². The minimum Gasteiger partial charge on any atom is -0.279 e. The van der Waals surface area contributed by atoms with Gasteiger partial charge in [0.25, 0.3) is 0 Å². The number of benzene rings is 1. The topological polar surface area (TPSA) is 54.5 Å². The van der Waals surface area contributed by atoms with Crippen molar-refractivity contribution in [2.45, 2.75) is 19.7 Å². The number of aryl methyl sites for hydroxylation is 2. The van der Waals surface area contributed by atoms with Gasteiger partial charge in [0.2, 0.25) is 0 Å². The van der Waals surface area contributed by atoms with E-state index in [1.165, 1.54) is 0 Å². The highest BCUT2D eigenvalue weighted by Crippen LogP contribution is 2.24. The fourth-order valence-electron chi connectivity index (χ4n) is 2.36. The number of fused-ring (bicyclic) bond motifs is 1. The summed E-state index contributed by atoms with van der Waals surface area (Å²) in [4.78, 5) is 9.11. The van der Waals surface area contributed by atoms with Gasteiger partial charge in [-0.15, -0.1) is 11.6 Å². The van der Waals surface area contributed by atoms with Crippen LogP contribution in [0.1, 0.15) is 22.6 Å². The Morgan fingerprint density at radius 3 is 2.71 bits per heavy atom. The number of rotatable bonds is 2. The summed E-state index contributed by atoms with van der Waals surface area (Å²) in [5.74, 6) is 1.01. The first kappa shape index (κ1) is 13.6. The van der Waals surface area contributed by atoms with Crippen molar-refractivity contribution < 1.29 is 0 Å². The molecule has 1 aromatic carbocycles.